The van der Waals surface area contributed by atoms with Crippen molar-refractivity contribution in [1.82, 2.24) is 4.98 Å². The summed E-state index contributed by atoms with van der Waals surface area (Å²) in [6.45, 7) is 3.73. The van der Waals surface area contributed by atoms with Gasteiger partial charge in [0, 0.05) is 17.2 Å². The molecule has 0 bridgehead atoms. The molecule has 0 fully saturated rings. The van der Waals surface area contributed by atoms with Gasteiger partial charge >= 0.3 is 0 Å². The highest BCUT2D eigenvalue weighted by molar-refractivity contribution is 9.10. The van der Waals surface area contributed by atoms with Gasteiger partial charge in [0.1, 0.15) is 0 Å². The van der Waals surface area contributed by atoms with Crippen molar-refractivity contribution in [2.45, 2.75) is 13.5 Å². The van der Waals surface area contributed by atoms with Crippen molar-refractivity contribution in [3.8, 4) is 6.07 Å². The number of hydrogen-bond donors (Lipinski definition) is 0. The van der Waals surface area contributed by atoms with E-state index < -0.39 is 0 Å². The molecule has 0 N–H and O–H groups in total. The molecule has 0 atom stereocenters. The van der Waals surface area contributed by atoms with Gasteiger partial charge in [0.15, 0.2) is 0 Å². The van der Waals surface area contributed by atoms with Gasteiger partial charge in [0.25, 0.3) is 0 Å². The predicted molar refractivity (Wildman–Crippen MR) is 79.8 cm³/mol. The summed E-state index contributed by atoms with van der Waals surface area (Å²) < 4.78 is 0.935. The number of anilines is 1. The van der Waals surface area contributed by atoms with Gasteiger partial charge in [-0.2, -0.15) is 5.26 Å². The average Bonchev–Trinajstić information content (AvgIpc) is 2.46. The minimum absolute atomic E-state index is 0.657. The molecule has 4 heteroatoms. The Hall–Kier alpha value is -1.86. The quantitative estimate of drug-likeness (QED) is 0.862. The molecule has 0 unspecified atom stereocenters. The van der Waals surface area contributed by atoms with Crippen molar-refractivity contribution < 1.29 is 0 Å². The van der Waals surface area contributed by atoms with Crippen molar-refractivity contribution in [2.24, 2.45) is 0 Å². The largest absolute Gasteiger partial charge is 0.365 e. The van der Waals surface area contributed by atoms with Gasteiger partial charge in [-0.3, -0.25) is 4.98 Å². The third-order valence-corrected chi connectivity index (χ3v) is 3.51. The second-order valence-electron chi connectivity index (χ2n) is 4.11. The van der Waals surface area contributed by atoms with Crippen LogP contribution >= 0.6 is 15.9 Å². The lowest BCUT2D eigenvalue weighted by molar-refractivity contribution is 0.807. The Morgan fingerprint density at radius 1 is 1.32 bits per heavy atom. The van der Waals surface area contributed by atoms with E-state index in [4.69, 9.17) is 5.26 Å². The van der Waals surface area contributed by atoms with E-state index in [9.17, 15) is 0 Å². The number of aromatic nitrogens is 1. The SMILES string of the molecule is CCN(Cc1ccccn1)c1ccc(C#N)cc1Br. The molecule has 1 aromatic heterocycles. The van der Waals surface area contributed by atoms with Crippen LogP contribution in [0.2, 0.25) is 0 Å². The zero-order valence-electron chi connectivity index (χ0n) is 10.7. The molecule has 1 heterocycles. The van der Waals surface area contributed by atoms with E-state index in [0.29, 0.717) is 5.56 Å². The van der Waals surface area contributed by atoms with E-state index in [1.54, 1.807) is 6.20 Å². The van der Waals surface area contributed by atoms with Gasteiger partial charge in [-0.05, 0) is 53.2 Å². The van der Waals surface area contributed by atoms with Crippen molar-refractivity contribution >= 4 is 21.6 Å². The Balaban J connectivity index is 2.25. The van der Waals surface area contributed by atoms with Gasteiger partial charge in [0.2, 0.25) is 0 Å². The highest BCUT2D eigenvalue weighted by Gasteiger charge is 2.10. The first kappa shape index (κ1) is 13.6. The average molecular weight is 316 g/mol. The summed E-state index contributed by atoms with van der Waals surface area (Å²) in [5, 5.41) is 8.89. The molecule has 3 nitrogen and oxygen atoms in total. The summed E-state index contributed by atoms with van der Waals surface area (Å²) in [6, 6.07) is 13.7. The van der Waals surface area contributed by atoms with Crippen LogP contribution in [0.1, 0.15) is 18.2 Å². The number of benzene rings is 1. The molecule has 0 aliphatic carbocycles. The topological polar surface area (TPSA) is 39.9 Å². The van der Waals surface area contributed by atoms with E-state index in [2.05, 4.69) is 38.8 Å². The predicted octanol–water partition coefficient (Wildman–Crippen LogP) is 3.74. The van der Waals surface area contributed by atoms with Crippen molar-refractivity contribution in [3.05, 3.63) is 58.3 Å². The Morgan fingerprint density at radius 2 is 2.16 bits per heavy atom. The maximum Gasteiger partial charge on any atom is 0.0992 e. The minimum Gasteiger partial charge on any atom is -0.365 e. The smallest absolute Gasteiger partial charge is 0.0992 e. The van der Waals surface area contributed by atoms with Crippen LogP contribution in [0.4, 0.5) is 5.69 Å². The van der Waals surface area contributed by atoms with Gasteiger partial charge in [-0.25, -0.2) is 0 Å². The molecule has 2 aromatic rings. The summed E-state index contributed by atoms with van der Waals surface area (Å²) in [5.74, 6) is 0. The fourth-order valence-electron chi connectivity index (χ4n) is 1.89. The fraction of sp³-hybridized carbons (Fsp3) is 0.200. The first-order valence-corrected chi connectivity index (χ1v) is 6.88. The van der Waals surface area contributed by atoms with Crippen LogP contribution < -0.4 is 4.90 Å². The Kier molecular flexibility index (Phi) is 4.53. The maximum atomic E-state index is 8.89. The normalized spacial score (nSPS) is 9.95. The summed E-state index contributed by atoms with van der Waals surface area (Å²) in [7, 11) is 0. The Labute approximate surface area is 121 Å². The Bertz CT molecular complexity index is 590. The van der Waals surface area contributed by atoms with Crippen LogP contribution in [-0.4, -0.2) is 11.5 Å². The summed E-state index contributed by atoms with van der Waals surface area (Å²) in [5.41, 5.74) is 2.76. The van der Waals surface area contributed by atoms with Crippen molar-refractivity contribution in [2.75, 3.05) is 11.4 Å². The van der Waals surface area contributed by atoms with Crippen LogP contribution in [0.15, 0.2) is 47.1 Å². The van der Waals surface area contributed by atoms with Crippen LogP contribution in [0.25, 0.3) is 0 Å². The van der Waals surface area contributed by atoms with Crippen LogP contribution in [0.5, 0.6) is 0 Å². The van der Waals surface area contributed by atoms with Crippen molar-refractivity contribution in [3.63, 3.8) is 0 Å². The maximum absolute atomic E-state index is 8.89. The molecule has 1 aromatic carbocycles. The van der Waals surface area contributed by atoms with Gasteiger partial charge < -0.3 is 4.90 Å². The number of nitriles is 1. The van der Waals surface area contributed by atoms with Crippen LogP contribution in [0.3, 0.4) is 0 Å². The zero-order valence-corrected chi connectivity index (χ0v) is 12.3. The van der Waals surface area contributed by atoms with E-state index in [-0.39, 0.29) is 0 Å². The third-order valence-electron chi connectivity index (χ3n) is 2.88. The molecule has 0 aliphatic rings. The Morgan fingerprint density at radius 3 is 2.74 bits per heavy atom. The monoisotopic (exact) mass is 315 g/mol. The second-order valence-corrected chi connectivity index (χ2v) is 4.97. The second kappa shape index (κ2) is 6.35. The molecule has 96 valence electrons. The van der Waals surface area contributed by atoms with E-state index in [0.717, 1.165) is 28.9 Å². The molecular weight excluding hydrogens is 302 g/mol. The van der Waals surface area contributed by atoms with Crippen LogP contribution in [-0.2, 0) is 6.54 Å². The third kappa shape index (κ3) is 3.33. The molecule has 0 aliphatic heterocycles. The highest BCUT2D eigenvalue weighted by atomic mass is 79.9. The minimum atomic E-state index is 0.657. The lowest BCUT2D eigenvalue weighted by atomic mass is 10.2. The standard InChI is InChI=1S/C15H14BrN3/c1-2-19(11-13-5-3-4-8-18-13)15-7-6-12(10-17)9-14(15)16/h3-9H,2,11H2,1H3. The molecule has 0 amide bonds. The van der Waals surface area contributed by atoms with Crippen LogP contribution in [0, 0.1) is 11.3 Å². The first-order valence-electron chi connectivity index (χ1n) is 6.09. The summed E-state index contributed by atoms with van der Waals surface area (Å²) in [4.78, 5) is 6.56. The van der Waals surface area contributed by atoms with E-state index in [1.165, 1.54) is 0 Å². The zero-order chi connectivity index (χ0) is 13.7. The molecule has 0 saturated carbocycles. The molecule has 0 spiro atoms. The van der Waals surface area contributed by atoms with E-state index in [1.807, 2.05) is 36.4 Å². The van der Waals surface area contributed by atoms with Gasteiger partial charge in [-0.1, -0.05) is 6.07 Å². The molecule has 2 rings (SSSR count). The number of pyridine rings is 1. The number of rotatable bonds is 4. The number of hydrogen-bond acceptors (Lipinski definition) is 3. The lowest BCUT2D eigenvalue weighted by Crippen LogP contribution is -2.22. The van der Waals surface area contributed by atoms with Crippen molar-refractivity contribution in [1.29, 1.82) is 5.26 Å². The number of nitrogens with zero attached hydrogens (tertiary/aromatic N) is 3. The van der Waals surface area contributed by atoms with Gasteiger partial charge in [0.05, 0.1) is 29.6 Å². The first-order chi connectivity index (χ1) is 9.24. The molecule has 19 heavy (non-hydrogen) atoms. The fourth-order valence-corrected chi connectivity index (χ4v) is 2.52. The molecule has 0 saturated heterocycles. The van der Waals surface area contributed by atoms with Gasteiger partial charge in [-0.15, -0.1) is 0 Å². The summed E-state index contributed by atoms with van der Waals surface area (Å²) in [6.07, 6.45) is 1.80. The number of halogens is 1. The lowest BCUT2D eigenvalue weighted by Gasteiger charge is -2.24. The molecular formula is C15H14BrN3. The summed E-state index contributed by atoms with van der Waals surface area (Å²) >= 11 is 3.53. The highest BCUT2D eigenvalue weighted by Crippen LogP contribution is 2.28. The molecule has 0 radical (unpaired) electrons. The van der Waals surface area contributed by atoms with E-state index >= 15 is 0 Å².